The van der Waals surface area contributed by atoms with Gasteiger partial charge in [-0.3, -0.25) is 4.79 Å². The molecule has 1 aromatic rings. The molecule has 1 saturated carbocycles. The van der Waals surface area contributed by atoms with Gasteiger partial charge in [0.1, 0.15) is 0 Å². The lowest BCUT2D eigenvalue weighted by Crippen LogP contribution is -2.40. The lowest BCUT2D eigenvalue weighted by Gasteiger charge is -2.17. The van der Waals surface area contributed by atoms with E-state index in [4.69, 9.17) is 0 Å². The largest absolute Gasteiger partial charge is 0.394 e. The molecular formula is C15H21NO2. The van der Waals surface area contributed by atoms with Gasteiger partial charge in [-0.1, -0.05) is 44.2 Å². The summed E-state index contributed by atoms with van der Waals surface area (Å²) in [5.74, 6) is 0.192. The average molecular weight is 247 g/mol. The Balaban J connectivity index is 1.88. The van der Waals surface area contributed by atoms with Crippen molar-refractivity contribution in [3.63, 3.8) is 0 Å². The predicted octanol–water partition coefficient (Wildman–Crippen LogP) is 1.75. The molecule has 1 aromatic carbocycles. The lowest BCUT2D eigenvalue weighted by atomic mass is 10.1. The molecule has 2 rings (SSSR count). The van der Waals surface area contributed by atoms with E-state index in [0.29, 0.717) is 6.42 Å². The Hall–Kier alpha value is -1.35. The normalized spacial score (nSPS) is 22.3. The summed E-state index contributed by atoms with van der Waals surface area (Å²) in [6, 6.07) is 9.73. The maximum atomic E-state index is 12.0. The van der Waals surface area contributed by atoms with Crippen LogP contribution < -0.4 is 5.32 Å². The van der Waals surface area contributed by atoms with Crippen molar-refractivity contribution in [3.05, 3.63) is 35.9 Å². The highest BCUT2D eigenvalue weighted by Gasteiger charge is 2.50. The van der Waals surface area contributed by atoms with E-state index in [0.717, 1.165) is 12.0 Å². The summed E-state index contributed by atoms with van der Waals surface area (Å²) in [4.78, 5) is 12.0. The van der Waals surface area contributed by atoms with E-state index in [1.54, 1.807) is 0 Å². The smallest absolute Gasteiger partial charge is 0.223 e. The number of benzene rings is 1. The summed E-state index contributed by atoms with van der Waals surface area (Å²) in [6.07, 6.45) is 1.62. The van der Waals surface area contributed by atoms with E-state index in [1.807, 2.05) is 30.3 Å². The van der Waals surface area contributed by atoms with Crippen molar-refractivity contribution in [1.29, 1.82) is 0 Å². The Morgan fingerprint density at radius 1 is 1.44 bits per heavy atom. The zero-order chi connectivity index (χ0) is 13.2. The van der Waals surface area contributed by atoms with Crippen LogP contribution in [0.4, 0.5) is 0 Å². The van der Waals surface area contributed by atoms with Gasteiger partial charge in [0.25, 0.3) is 0 Å². The minimum Gasteiger partial charge on any atom is -0.394 e. The minimum atomic E-state index is -0.184. The van der Waals surface area contributed by atoms with E-state index in [9.17, 15) is 9.90 Å². The van der Waals surface area contributed by atoms with Crippen LogP contribution in [0.25, 0.3) is 0 Å². The fourth-order valence-corrected chi connectivity index (χ4v) is 2.28. The summed E-state index contributed by atoms with van der Waals surface area (Å²) >= 11 is 0. The van der Waals surface area contributed by atoms with Crippen LogP contribution >= 0.6 is 0 Å². The first-order valence-corrected chi connectivity index (χ1v) is 6.48. The molecule has 2 unspecified atom stereocenters. The molecule has 0 radical (unpaired) electrons. The van der Waals surface area contributed by atoms with Gasteiger partial charge in [0.05, 0.1) is 12.6 Å². The third-order valence-electron chi connectivity index (χ3n) is 3.72. The third-order valence-corrected chi connectivity index (χ3v) is 3.72. The molecule has 98 valence electrons. The monoisotopic (exact) mass is 247 g/mol. The highest BCUT2D eigenvalue weighted by molar-refractivity contribution is 5.82. The summed E-state index contributed by atoms with van der Waals surface area (Å²) in [6.45, 7) is 4.18. The Morgan fingerprint density at radius 3 is 2.56 bits per heavy atom. The van der Waals surface area contributed by atoms with Gasteiger partial charge in [-0.05, 0) is 23.8 Å². The maximum Gasteiger partial charge on any atom is 0.223 e. The number of hydrogen-bond donors (Lipinski definition) is 2. The summed E-state index contributed by atoms with van der Waals surface area (Å²) in [5.41, 5.74) is 1.27. The molecule has 0 aromatic heterocycles. The van der Waals surface area contributed by atoms with E-state index in [-0.39, 0.29) is 29.9 Å². The van der Waals surface area contributed by atoms with Crippen molar-refractivity contribution in [1.82, 2.24) is 5.32 Å². The summed E-state index contributed by atoms with van der Waals surface area (Å²) in [7, 11) is 0. The van der Waals surface area contributed by atoms with Crippen molar-refractivity contribution in [3.8, 4) is 0 Å². The second-order valence-corrected chi connectivity index (χ2v) is 5.82. The van der Waals surface area contributed by atoms with Crippen molar-refractivity contribution in [2.24, 2.45) is 11.3 Å². The highest BCUT2D eigenvalue weighted by Crippen LogP contribution is 2.51. The van der Waals surface area contributed by atoms with Gasteiger partial charge >= 0.3 is 0 Å². The first-order chi connectivity index (χ1) is 8.53. The molecule has 0 aliphatic heterocycles. The van der Waals surface area contributed by atoms with Crippen LogP contribution in [0.3, 0.4) is 0 Å². The fraction of sp³-hybridized carbons (Fsp3) is 0.533. The van der Waals surface area contributed by atoms with Crippen LogP contribution in [-0.2, 0) is 11.2 Å². The second kappa shape index (κ2) is 5.11. The summed E-state index contributed by atoms with van der Waals surface area (Å²) < 4.78 is 0. The average Bonchev–Trinajstić information content (AvgIpc) is 2.99. The van der Waals surface area contributed by atoms with Gasteiger partial charge < -0.3 is 10.4 Å². The predicted molar refractivity (Wildman–Crippen MR) is 71.1 cm³/mol. The fourth-order valence-electron chi connectivity index (χ4n) is 2.28. The molecule has 1 amide bonds. The van der Waals surface area contributed by atoms with Crippen LogP contribution in [-0.4, -0.2) is 23.7 Å². The van der Waals surface area contributed by atoms with Crippen LogP contribution in [0, 0.1) is 11.3 Å². The van der Waals surface area contributed by atoms with E-state index >= 15 is 0 Å². The first-order valence-electron chi connectivity index (χ1n) is 6.48. The zero-order valence-electron chi connectivity index (χ0n) is 11.0. The van der Waals surface area contributed by atoms with Gasteiger partial charge in [0.2, 0.25) is 5.91 Å². The van der Waals surface area contributed by atoms with Crippen molar-refractivity contribution in [2.75, 3.05) is 6.61 Å². The van der Waals surface area contributed by atoms with Gasteiger partial charge in [0, 0.05) is 5.92 Å². The number of nitrogens with one attached hydrogen (secondary N) is 1. The summed E-state index contributed by atoms with van der Waals surface area (Å²) in [5, 5.41) is 12.3. The molecule has 2 N–H and O–H groups in total. The molecule has 0 saturated heterocycles. The molecule has 1 aliphatic rings. The number of carbonyl (C=O) groups is 1. The van der Waals surface area contributed by atoms with Crippen molar-refractivity contribution < 1.29 is 9.90 Å². The van der Waals surface area contributed by atoms with Gasteiger partial charge in [-0.2, -0.15) is 0 Å². The van der Waals surface area contributed by atoms with Crippen molar-refractivity contribution >= 4 is 5.91 Å². The molecule has 1 fully saturated rings. The molecular weight excluding hydrogens is 226 g/mol. The van der Waals surface area contributed by atoms with E-state index in [1.165, 1.54) is 0 Å². The first kappa shape index (κ1) is 13.1. The molecule has 3 heteroatoms. The van der Waals surface area contributed by atoms with Crippen LogP contribution in [0.2, 0.25) is 0 Å². The highest BCUT2D eigenvalue weighted by atomic mass is 16.3. The maximum absolute atomic E-state index is 12.0. The van der Waals surface area contributed by atoms with Crippen molar-refractivity contribution in [2.45, 2.75) is 32.7 Å². The number of rotatable bonds is 5. The minimum absolute atomic E-state index is 0.0201. The quantitative estimate of drug-likeness (QED) is 0.833. The lowest BCUT2D eigenvalue weighted by molar-refractivity contribution is -0.124. The second-order valence-electron chi connectivity index (χ2n) is 5.82. The van der Waals surface area contributed by atoms with Crippen LogP contribution in [0.1, 0.15) is 25.8 Å². The van der Waals surface area contributed by atoms with Gasteiger partial charge in [0.15, 0.2) is 0 Å². The van der Waals surface area contributed by atoms with Crippen LogP contribution in [0.5, 0.6) is 0 Å². The van der Waals surface area contributed by atoms with Gasteiger partial charge in [-0.25, -0.2) is 0 Å². The molecule has 0 heterocycles. The number of amides is 1. The standard InChI is InChI=1S/C15H21NO2/c1-15(2)9-13(15)14(18)16-12(10-17)8-11-6-4-3-5-7-11/h3-7,12-13,17H,8-10H2,1-2H3,(H,16,18). The topological polar surface area (TPSA) is 49.3 Å². The zero-order valence-corrected chi connectivity index (χ0v) is 11.0. The van der Waals surface area contributed by atoms with Crippen LogP contribution in [0.15, 0.2) is 30.3 Å². The van der Waals surface area contributed by atoms with E-state index in [2.05, 4.69) is 19.2 Å². The number of carbonyl (C=O) groups excluding carboxylic acids is 1. The molecule has 18 heavy (non-hydrogen) atoms. The molecule has 2 atom stereocenters. The molecule has 1 aliphatic carbocycles. The number of hydrogen-bond acceptors (Lipinski definition) is 2. The molecule has 0 spiro atoms. The Kier molecular flexibility index (Phi) is 3.71. The SMILES string of the molecule is CC1(C)CC1C(=O)NC(CO)Cc1ccccc1. The van der Waals surface area contributed by atoms with Gasteiger partial charge in [-0.15, -0.1) is 0 Å². The molecule has 0 bridgehead atoms. The number of aliphatic hydroxyl groups excluding tert-OH is 1. The Labute approximate surface area is 108 Å². The Morgan fingerprint density at radius 2 is 2.06 bits per heavy atom. The Bertz CT molecular complexity index is 414. The van der Waals surface area contributed by atoms with E-state index < -0.39 is 0 Å². The third kappa shape index (κ3) is 3.10. The number of aliphatic hydroxyl groups is 1. The molecule has 3 nitrogen and oxygen atoms in total.